The predicted octanol–water partition coefficient (Wildman–Crippen LogP) is 2.96. The predicted molar refractivity (Wildman–Crippen MR) is 108 cm³/mol. The quantitative estimate of drug-likeness (QED) is 0.789. The Labute approximate surface area is 161 Å². The fourth-order valence-corrected chi connectivity index (χ4v) is 3.45. The van der Waals surface area contributed by atoms with Gasteiger partial charge in [0.25, 0.3) is 0 Å². The van der Waals surface area contributed by atoms with Crippen LogP contribution in [0.25, 0.3) is 0 Å². The lowest BCUT2D eigenvalue weighted by atomic mass is 10.0. The molecule has 2 rings (SSSR count). The van der Waals surface area contributed by atoms with Crippen molar-refractivity contribution in [3.63, 3.8) is 0 Å². The average molecular weight is 391 g/mol. The number of hydrogen-bond acceptors (Lipinski definition) is 4. The van der Waals surface area contributed by atoms with Crippen LogP contribution in [0, 0.1) is 13.8 Å². The van der Waals surface area contributed by atoms with Gasteiger partial charge in [0.15, 0.2) is 0 Å². The SMILES string of the molecule is COc1ccc([C@@H](CC(=O)N(C)c2ccc(C)c(C)c2)NS(C)(=O)=O)cc1. The zero-order valence-corrected chi connectivity index (χ0v) is 17.1. The molecule has 0 spiro atoms. The van der Waals surface area contributed by atoms with E-state index in [4.69, 9.17) is 4.74 Å². The third-order valence-corrected chi connectivity index (χ3v) is 5.22. The zero-order valence-electron chi connectivity index (χ0n) is 16.3. The summed E-state index contributed by atoms with van der Waals surface area (Å²) in [6.07, 6.45) is 1.09. The molecule has 1 amide bonds. The van der Waals surface area contributed by atoms with Crippen molar-refractivity contribution < 1.29 is 17.9 Å². The summed E-state index contributed by atoms with van der Waals surface area (Å²) in [4.78, 5) is 14.3. The van der Waals surface area contributed by atoms with Gasteiger partial charge in [-0.05, 0) is 54.8 Å². The van der Waals surface area contributed by atoms with E-state index in [1.807, 2.05) is 32.0 Å². The maximum absolute atomic E-state index is 12.8. The Kier molecular flexibility index (Phi) is 6.62. The smallest absolute Gasteiger partial charge is 0.228 e. The first kappa shape index (κ1) is 20.9. The first-order chi connectivity index (χ1) is 12.6. The first-order valence-corrected chi connectivity index (χ1v) is 10.4. The lowest BCUT2D eigenvalue weighted by Gasteiger charge is -2.23. The molecule has 0 bridgehead atoms. The number of nitrogens with zero attached hydrogens (tertiary/aromatic N) is 1. The van der Waals surface area contributed by atoms with E-state index >= 15 is 0 Å². The number of ether oxygens (including phenoxy) is 1. The van der Waals surface area contributed by atoms with E-state index in [2.05, 4.69) is 4.72 Å². The topological polar surface area (TPSA) is 75.7 Å². The molecule has 0 aromatic heterocycles. The molecule has 0 aliphatic rings. The first-order valence-electron chi connectivity index (χ1n) is 8.56. The van der Waals surface area contributed by atoms with Gasteiger partial charge < -0.3 is 9.64 Å². The molecule has 7 heteroatoms. The van der Waals surface area contributed by atoms with Crippen LogP contribution in [0.1, 0.15) is 29.2 Å². The van der Waals surface area contributed by atoms with Crippen molar-refractivity contribution in [3.8, 4) is 5.75 Å². The Bertz CT molecular complexity index is 908. The van der Waals surface area contributed by atoms with Gasteiger partial charge in [-0.1, -0.05) is 18.2 Å². The maximum atomic E-state index is 12.8. The number of anilines is 1. The van der Waals surface area contributed by atoms with Gasteiger partial charge in [-0.2, -0.15) is 0 Å². The number of aryl methyl sites for hydroxylation is 2. The number of amides is 1. The summed E-state index contributed by atoms with van der Waals surface area (Å²) in [5.74, 6) is 0.477. The molecule has 0 radical (unpaired) electrons. The number of carbonyl (C=O) groups is 1. The summed E-state index contributed by atoms with van der Waals surface area (Å²) in [7, 11) is -0.236. The highest BCUT2D eigenvalue weighted by atomic mass is 32.2. The molecule has 0 heterocycles. The van der Waals surface area contributed by atoms with Crippen LogP contribution >= 0.6 is 0 Å². The zero-order chi connectivity index (χ0) is 20.2. The molecule has 2 aromatic rings. The van der Waals surface area contributed by atoms with Gasteiger partial charge in [-0.15, -0.1) is 0 Å². The van der Waals surface area contributed by atoms with Crippen LogP contribution < -0.4 is 14.4 Å². The van der Waals surface area contributed by atoms with E-state index in [9.17, 15) is 13.2 Å². The summed E-state index contributed by atoms with van der Waals surface area (Å²) >= 11 is 0. The van der Waals surface area contributed by atoms with E-state index in [1.165, 1.54) is 0 Å². The number of benzene rings is 2. The van der Waals surface area contributed by atoms with Gasteiger partial charge >= 0.3 is 0 Å². The molecule has 0 saturated carbocycles. The largest absolute Gasteiger partial charge is 0.497 e. The molecule has 2 aromatic carbocycles. The number of sulfonamides is 1. The highest BCUT2D eigenvalue weighted by Crippen LogP contribution is 2.24. The van der Waals surface area contributed by atoms with E-state index in [-0.39, 0.29) is 12.3 Å². The van der Waals surface area contributed by atoms with Crippen LogP contribution in [-0.2, 0) is 14.8 Å². The molecular formula is C20H26N2O4S. The summed E-state index contributed by atoms with van der Waals surface area (Å²) in [5.41, 5.74) is 3.71. The average Bonchev–Trinajstić information content (AvgIpc) is 2.61. The highest BCUT2D eigenvalue weighted by molar-refractivity contribution is 7.88. The van der Waals surface area contributed by atoms with Crippen LogP contribution in [0.2, 0.25) is 0 Å². The van der Waals surface area contributed by atoms with Gasteiger partial charge in [0.1, 0.15) is 5.75 Å². The van der Waals surface area contributed by atoms with E-state index < -0.39 is 16.1 Å². The fourth-order valence-electron chi connectivity index (χ4n) is 2.71. The Morgan fingerprint density at radius 1 is 1.11 bits per heavy atom. The van der Waals surface area contributed by atoms with Crippen LogP contribution in [0.3, 0.4) is 0 Å². The van der Waals surface area contributed by atoms with E-state index in [0.29, 0.717) is 11.3 Å². The Morgan fingerprint density at radius 2 is 1.74 bits per heavy atom. The lowest BCUT2D eigenvalue weighted by molar-refractivity contribution is -0.118. The molecule has 0 saturated heterocycles. The minimum atomic E-state index is -3.49. The van der Waals surface area contributed by atoms with Crippen LogP contribution in [0.4, 0.5) is 5.69 Å². The van der Waals surface area contributed by atoms with Gasteiger partial charge in [0, 0.05) is 19.2 Å². The molecule has 1 N–H and O–H groups in total. The monoisotopic (exact) mass is 390 g/mol. The van der Waals surface area contributed by atoms with Crippen molar-refractivity contribution in [1.29, 1.82) is 0 Å². The lowest BCUT2D eigenvalue weighted by Crippen LogP contribution is -2.34. The Balaban J connectivity index is 2.24. The second-order valence-corrected chi connectivity index (χ2v) is 8.42. The standard InChI is InChI=1S/C20H26N2O4S/c1-14-6-9-17(12-15(14)2)22(3)20(23)13-19(21-27(5,24)25)16-7-10-18(26-4)11-8-16/h6-12,19,21H,13H2,1-5H3/t19-/m1/s1. The van der Waals surface area contributed by atoms with Crippen LogP contribution in [-0.4, -0.2) is 34.7 Å². The molecule has 146 valence electrons. The molecule has 0 aliphatic heterocycles. The van der Waals surface area contributed by atoms with Gasteiger partial charge in [0.05, 0.1) is 19.4 Å². The third-order valence-electron chi connectivity index (χ3n) is 4.51. The van der Waals surface area contributed by atoms with Gasteiger partial charge in [0.2, 0.25) is 15.9 Å². The van der Waals surface area contributed by atoms with Crippen molar-refractivity contribution in [2.75, 3.05) is 25.3 Å². The van der Waals surface area contributed by atoms with Crippen molar-refractivity contribution in [2.45, 2.75) is 26.3 Å². The summed E-state index contributed by atoms with van der Waals surface area (Å²) < 4.78 is 31.2. The maximum Gasteiger partial charge on any atom is 0.228 e. The molecule has 6 nitrogen and oxygen atoms in total. The van der Waals surface area contributed by atoms with E-state index in [1.54, 1.807) is 43.3 Å². The van der Waals surface area contributed by atoms with Gasteiger partial charge in [-0.3, -0.25) is 4.79 Å². The molecule has 0 aliphatic carbocycles. The second-order valence-electron chi connectivity index (χ2n) is 6.64. The Hall–Kier alpha value is -2.38. The number of carbonyl (C=O) groups excluding carboxylic acids is 1. The van der Waals surface area contributed by atoms with Crippen molar-refractivity contribution in [3.05, 3.63) is 59.2 Å². The fraction of sp³-hybridized carbons (Fsp3) is 0.350. The number of methoxy groups -OCH3 is 1. The molecular weight excluding hydrogens is 364 g/mol. The molecule has 0 fully saturated rings. The third kappa shape index (κ3) is 5.80. The van der Waals surface area contributed by atoms with Crippen LogP contribution in [0.5, 0.6) is 5.75 Å². The van der Waals surface area contributed by atoms with Crippen molar-refractivity contribution in [2.24, 2.45) is 0 Å². The molecule has 0 unspecified atom stereocenters. The van der Waals surface area contributed by atoms with Crippen LogP contribution in [0.15, 0.2) is 42.5 Å². The molecule has 1 atom stereocenters. The van der Waals surface area contributed by atoms with Crippen molar-refractivity contribution >= 4 is 21.6 Å². The number of hydrogen-bond donors (Lipinski definition) is 1. The van der Waals surface area contributed by atoms with E-state index in [0.717, 1.165) is 23.1 Å². The normalized spacial score (nSPS) is 12.5. The minimum Gasteiger partial charge on any atom is -0.497 e. The van der Waals surface area contributed by atoms with Crippen molar-refractivity contribution in [1.82, 2.24) is 4.72 Å². The number of rotatable bonds is 7. The highest BCUT2D eigenvalue weighted by Gasteiger charge is 2.22. The second kappa shape index (κ2) is 8.54. The van der Waals surface area contributed by atoms with Gasteiger partial charge in [-0.25, -0.2) is 13.1 Å². The summed E-state index contributed by atoms with van der Waals surface area (Å²) in [6, 6.07) is 12.1. The summed E-state index contributed by atoms with van der Waals surface area (Å²) in [5, 5.41) is 0. The molecule has 27 heavy (non-hydrogen) atoms. The Morgan fingerprint density at radius 3 is 2.26 bits per heavy atom. The summed E-state index contributed by atoms with van der Waals surface area (Å²) in [6.45, 7) is 4.00. The minimum absolute atomic E-state index is 0.00280. The number of nitrogens with one attached hydrogen (secondary N) is 1.